The van der Waals surface area contributed by atoms with E-state index in [9.17, 15) is 15.0 Å². The molecule has 0 atom stereocenters. The third-order valence-corrected chi connectivity index (χ3v) is 3.20. The van der Waals surface area contributed by atoms with Gasteiger partial charge in [-0.1, -0.05) is 0 Å². The molecule has 0 fully saturated rings. The molecular weight excluding hydrogens is 234 g/mol. The van der Waals surface area contributed by atoms with Crippen molar-refractivity contribution in [2.24, 2.45) is 0 Å². The lowest BCUT2D eigenvalue weighted by atomic mass is 10.2. The Kier molecular flexibility index (Phi) is 1.96. The fourth-order valence-electron chi connectivity index (χ4n) is 2.17. The molecule has 5 nitrogen and oxygen atoms in total. The molecule has 18 heavy (non-hydrogen) atoms. The third kappa shape index (κ3) is 1.24. The van der Waals surface area contributed by atoms with Crippen molar-refractivity contribution < 1.29 is 14.6 Å². The Bertz CT molecular complexity index is 842. The van der Waals surface area contributed by atoms with Crippen molar-refractivity contribution in [3.63, 3.8) is 0 Å². The second-order valence-electron chi connectivity index (χ2n) is 4.30. The van der Waals surface area contributed by atoms with Crippen LogP contribution in [0.15, 0.2) is 27.4 Å². The van der Waals surface area contributed by atoms with Crippen LogP contribution in [0.2, 0.25) is 0 Å². The quantitative estimate of drug-likeness (QED) is 0.594. The molecule has 92 valence electrons. The Morgan fingerprint density at radius 1 is 1.06 bits per heavy atom. The maximum absolute atomic E-state index is 11.8. The van der Waals surface area contributed by atoms with Gasteiger partial charge in [0.15, 0.2) is 11.5 Å². The molecule has 0 amide bonds. The Morgan fingerprint density at radius 3 is 2.44 bits per heavy atom. The molecule has 3 aromatic rings. The molecule has 0 saturated carbocycles. The summed E-state index contributed by atoms with van der Waals surface area (Å²) in [6, 6.07) is 4.49. The Morgan fingerprint density at radius 2 is 1.72 bits per heavy atom. The van der Waals surface area contributed by atoms with E-state index in [4.69, 9.17) is 4.42 Å². The van der Waals surface area contributed by atoms with E-state index in [1.54, 1.807) is 17.4 Å². The highest BCUT2D eigenvalue weighted by atomic mass is 16.4. The van der Waals surface area contributed by atoms with Crippen LogP contribution in [0.3, 0.4) is 0 Å². The molecule has 0 bridgehead atoms. The number of phenols is 2. The second kappa shape index (κ2) is 3.29. The number of nitrogens with zero attached hydrogens (tertiary/aromatic N) is 1. The normalized spacial score (nSPS) is 11.4. The van der Waals surface area contributed by atoms with Gasteiger partial charge in [-0.3, -0.25) is 0 Å². The summed E-state index contributed by atoms with van der Waals surface area (Å²) in [5.74, 6) is 0.0996. The highest BCUT2D eigenvalue weighted by Crippen LogP contribution is 2.32. The molecule has 0 saturated heterocycles. The lowest BCUT2D eigenvalue weighted by Gasteiger charge is -2.05. The van der Waals surface area contributed by atoms with Crippen LogP contribution in [0.25, 0.3) is 16.4 Å². The van der Waals surface area contributed by atoms with Crippen LogP contribution in [-0.2, 0) is 0 Å². The van der Waals surface area contributed by atoms with Crippen molar-refractivity contribution in [1.29, 1.82) is 0 Å². The molecule has 5 heteroatoms. The lowest BCUT2D eigenvalue weighted by molar-refractivity contribution is 0.405. The van der Waals surface area contributed by atoms with Gasteiger partial charge in [-0.05, 0) is 26.0 Å². The van der Waals surface area contributed by atoms with E-state index in [1.165, 1.54) is 12.1 Å². The number of hydrogen-bond donors (Lipinski definition) is 2. The first kappa shape index (κ1) is 10.7. The van der Waals surface area contributed by atoms with Gasteiger partial charge >= 0.3 is 5.63 Å². The summed E-state index contributed by atoms with van der Waals surface area (Å²) in [6.45, 7) is 3.54. The first-order valence-corrected chi connectivity index (χ1v) is 5.46. The largest absolute Gasteiger partial charge is 0.504 e. The van der Waals surface area contributed by atoms with Crippen molar-refractivity contribution in [3.05, 3.63) is 40.1 Å². The van der Waals surface area contributed by atoms with Gasteiger partial charge in [0.1, 0.15) is 11.3 Å². The van der Waals surface area contributed by atoms with Crippen LogP contribution >= 0.6 is 0 Å². The molecule has 0 radical (unpaired) electrons. The van der Waals surface area contributed by atoms with Gasteiger partial charge in [0.05, 0.1) is 11.2 Å². The highest BCUT2D eigenvalue weighted by Gasteiger charge is 2.13. The van der Waals surface area contributed by atoms with E-state index in [0.717, 1.165) is 5.69 Å². The average molecular weight is 245 g/mol. The van der Waals surface area contributed by atoms with E-state index in [-0.39, 0.29) is 11.5 Å². The molecule has 2 N–H and O–H groups in total. The summed E-state index contributed by atoms with van der Waals surface area (Å²) >= 11 is 0. The van der Waals surface area contributed by atoms with Gasteiger partial charge in [-0.2, -0.15) is 0 Å². The van der Waals surface area contributed by atoms with Crippen molar-refractivity contribution >= 4 is 16.4 Å². The highest BCUT2D eigenvalue weighted by molar-refractivity contribution is 5.89. The number of aromatic hydroxyl groups is 2. The minimum atomic E-state index is -0.437. The van der Waals surface area contributed by atoms with Crippen LogP contribution in [0.1, 0.15) is 11.5 Å². The number of phenolic OH excluding ortho intramolecular Hbond substituents is 2. The fraction of sp³-hybridized carbons (Fsp3) is 0.154. The Hall–Kier alpha value is -2.43. The predicted octanol–water partition coefficient (Wildman–Crippen LogP) is 2.07. The SMILES string of the molecule is Cc1oc(=O)c2cc3cc(O)c(O)cc3n2c1C. The molecule has 2 heterocycles. The lowest BCUT2D eigenvalue weighted by Crippen LogP contribution is -2.07. The van der Waals surface area contributed by atoms with Crippen molar-refractivity contribution in [2.45, 2.75) is 13.8 Å². The van der Waals surface area contributed by atoms with Crippen molar-refractivity contribution in [2.75, 3.05) is 0 Å². The van der Waals surface area contributed by atoms with E-state index < -0.39 is 5.63 Å². The number of fused-ring (bicyclic) bond motifs is 3. The standard InChI is InChI=1S/C13H11NO4/c1-6-7(2)18-13(17)10-3-8-4-11(15)12(16)5-9(8)14(6)10/h3-5,15-16H,1-2H3. The summed E-state index contributed by atoms with van der Waals surface area (Å²) in [4.78, 5) is 11.8. The van der Waals surface area contributed by atoms with Gasteiger partial charge < -0.3 is 19.0 Å². The number of aryl methyl sites for hydroxylation is 2. The van der Waals surface area contributed by atoms with E-state index in [1.807, 2.05) is 6.92 Å². The minimum absolute atomic E-state index is 0.211. The van der Waals surface area contributed by atoms with E-state index in [2.05, 4.69) is 0 Å². The Balaban J connectivity index is 2.65. The van der Waals surface area contributed by atoms with Crippen molar-refractivity contribution in [1.82, 2.24) is 4.40 Å². The van der Waals surface area contributed by atoms with Gasteiger partial charge in [-0.15, -0.1) is 0 Å². The van der Waals surface area contributed by atoms with Gasteiger partial charge in [-0.25, -0.2) is 4.79 Å². The molecule has 0 aliphatic carbocycles. The second-order valence-corrected chi connectivity index (χ2v) is 4.30. The topological polar surface area (TPSA) is 75.1 Å². The molecule has 0 aliphatic rings. The zero-order chi connectivity index (χ0) is 13.0. The summed E-state index contributed by atoms with van der Waals surface area (Å²) in [7, 11) is 0. The van der Waals surface area contributed by atoms with Gasteiger partial charge in [0.2, 0.25) is 0 Å². The zero-order valence-corrected chi connectivity index (χ0v) is 9.89. The first-order valence-electron chi connectivity index (χ1n) is 5.46. The number of aromatic nitrogens is 1. The minimum Gasteiger partial charge on any atom is -0.504 e. The molecule has 3 rings (SSSR count). The van der Waals surface area contributed by atoms with E-state index >= 15 is 0 Å². The predicted molar refractivity (Wildman–Crippen MR) is 66.2 cm³/mol. The van der Waals surface area contributed by atoms with Crippen LogP contribution in [0, 0.1) is 13.8 Å². The van der Waals surface area contributed by atoms with E-state index in [0.29, 0.717) is 22.2 Å². The smallest absolute Gasteiger partial charge is 0.360 e. The number of hydrogen-bond acceptors (Lipinski definition) is 4. The van der Waals surface area contributed by atoms with Crippen LogP contribution < -0.4 is 5.63 Å². The maximum Gasteiger partial charge on any atom is 0.360 e. The molecule has 0 spiro atoms. The molecule has 1 aromatic carbocycles. The van der Waals surface area contributed by atoms with Crippen LogP contribution in [0.5, 0.6) is 11.5 Å². The summed E-state index contributed by atoms with van der Waals surface area (Å²) in [5.41, 5.74) is 1.39. The number of benzene rings is 1. The summed E-state index contributed by atoms with van der Waals surface area (Å²) < 4.78 is 6.83. The maximum atomic E-state index is 11.8. The molecule has 0 aliphatic heterocycles. The molecule has 2 aromatic heterocycles. The number of rotatable bonds is 0. The fourth-order valence-corrected chi connectivity index (χ4v) is 2.17. The molecule has 0 unspecified atom stereocenters. The monoisotopic (exact) mass is 245 g/mol. The zero-order valence-electron chi connectivity index (χ0n) is 9.89. The Labute approximate surface area is 102 Å². The summed E-state index contributed by atoms with van der Waals surface area (Å²) in [6.07, 6.45) is 0. The van der Waals surface area contributed by atoms with Gasteiger partial charge in [0.25, 0.3) is 0 Å². The third-order valence-electron chi connectivity index (χ3n) is 3.20. The van der Waals surface area contributed by atoms with Crippen molar-refractivity contribution in [3.8, 4) is 11.5 Å². The summed E-state index contributed by atoms with van der Waals surface area (Å²) in [5, 5.41) is 19.7. The molecular formula is C13H11NO4. The van der Waals surface area contributed by atoms with Gasteiger partial charge in [0, 0.05) is 11.5 Å². The first-order chi connectivity index (χ1) is 8.49. The van der Waals surface area contributed by atoms with Crippen LogP contribution in [-0.4, -0.2) is 14.6 Å². The average Bonchev–Trinajstić information content (AvgIpc) is 2.66. The van der Waals surface area contributed by atoms with Crippen LogP contribution in [0.4, 0.5) is 0 Å².